The Balaban J connectivity index is -0.000000735. The third-order valence-electron chi connectivity index (χ3n) is 3.71. The van der Waals surface area contributed by atoms with Gasteiger partial charge in [-0.1, -0.05) is 58.3 Å². The van der Waals surface area contributed by atoms with Crippen molar-refractivity contribution in [2.45, 2.75) is 75.9 Å². The van der Waals surface area contributed by atoms with Gasteiger partial charge in [0.1, 0.15) is 14.9 Å². The quantitative estimate of drug-likeness (QED) is 0.169. The van der Waals surface area contributed by atoms with Crippen LogP contribution in [-0.2, 0) is 19.7 Å². The second-order valence-electron chi connectivity index (χ2n) is 5.51. The van der Waals surface area contributed by atoms with Gasteiger partial charge in [0.25, 0.3) is 0 Å². The molecule has 0 aliphatic rings. The van der Waals surface area contributed by atoms with Crippen molar-refractivity contribution in [2.75, 3.05) is 0 Å². The van der Waals surface area contributed by atoms with Crippen molar-refractivity contribution in [1.82, 2.24) is 0 Å². The van der Waals surface area contributed by atoms with Crippen molar-refractivity contribution < 1.29 is 121 Å². The summed E-state index contributed by atoms with van der Waals surface area (Å²) in [7, 11) is -5.36. The Bertz CT molecular complexity index is 471. The van der Waals surface area contributed by atoms with Crippen LogP contribution >= 0.6 is 0 Å². The molecule has 0 aromatic heterocycles. The summed E-state index contributed by atoms with van der Waals surface area (Å²) in [6.07, 6.45) is 4.85. The fourth-order valence-corrected chi connectivity index (χ4v) is 3.25. The average Bonchev–Trinajstić information content (AvgIpc) is 2.38. The first-order valence-corrected chi connectivity index (χ1v) is 8.95. The van der Waals surface area contributed by atoms with Gasteiger partial charge in [0.15, 0.2) is 0 Å². The molecule has 0 bridgehead atoms. The van der Waals surface area contributed by atoms with E-state index in [0.29, 0.717) is 6.42 Å². The molecule has 25 heavy (non-hydrogen) atoms. The van der Waals surface area contributed by atoms with E-state index in [1.807, 2.05) is 0 Å². The van der Waals surface area contributed by atoms with Crippen LogP contribution in [0.1, 0.15) is 71.1 Å². The predicted molar refractivity (Wildman–Crippen MR) is 74.3 cm³/mol. The van der Waals surface area contributed by atoms with Gasteiger partial charge in [-0.05, 0) is 6.42 Å². The number of hydrogen-bond acceptors (Lipinski definition) is 7. The zero-order chi connectivity index (χ0) is 17.2. The molecule has 0 rings (SSSR count). The second-order valence-corrected chi connectivity index (χ2v) is 7.20. The number of carboxylic acids is 2. The average molecular weight is 404 g/mol. The molecule has 0 radical (unpaired) electrons. The number of hydrogen-bond donors (Lipinski definition) is 0. The third kappa shape index (κ3) is 13.6. The molecule has 130 valence electrons. The molecule has 0 aliphatic heterocycles. The van der Waals surface area contributed by atoms with Crippen LogP contribution in [-0.4, -0.2) is 29.7 Å². The van der Waals surface area contributed by atoms with E-state index in [2.05, 4.69) is 6.92 Å². The molecular formula is C14H23Na3O7S. The van der Waals surface area contributed by atoms with Gasteiger partial charge in [-0.2, -0.15) is 0 Å². The van der Waals surface area contributed by atoms with Gasteiger partial charge in [-0.15, -0.1) is 0 Å². The van der Waals surface area contributed by atoms with Crippen LogP contribution in [0.4, 0.5) is 0 Å². The maximum absolute atomic E-state index is 11.2. The molecule has 0 saturated heterocycles. The molecule has 0 aliphatic carbocycles. The Morgan fingerprint density at radius 2 is 1.24 bits per heavy atom. The maximum atomic E-state index is 11.2. The summed E-state index contributed by atoms with van der Waals surface area (Å²) in [5, 5.41) is 21.7. The van der Waals surface area contributed by atoms with E-state index in [0.717, 1.165) is 38.5 Å². The minimum atomic E-state index is -5.36. The molecule has 0 aromatic carbocycles. The van der Waals surface area contributed by atoms with Gasteiger partial charge in [0.2, 0.25) is 0 Å². The van der Waals surface area contributed by atoms with Crippen LogP contribution in [0.5, 0.6) is 0 Å². The summed E-state index contributed by atoms with van der Waals surface area (Å²) in [6, 6.07) is 0. The summed E-state index contributed by atoms with van der Waals surface area (Å²) in [5.41, 5.74) is 0. The molecule has 1 unspecified atom stereocenters. The van der Waals surface area contributed by atoms with Crippen LogP contribution in [0.15, 0.2) is 0 Å². The van der Waals surface area contributed by atoms with Crippen molar-refractivity contribution >= 4 is 22.1 Å². The molecule has 1 atom stereocenters. The number of carboxylic acid groups (broad SMARTS) is 2. The van der Waals surface area contributed by atoms with E-state index in [1.54, 1.807) is 0 Å². The molecule has 0 aromatic rings. The van der Waals surface area contributed by atoms with Crippen molar-refractivity contribution in [3.8, 4) is 0 Å². The molecular weight excluding hydrogens is 381 g/mol. The number of unbranched alkanes of at least 4 members (excludes halogenated alkanes) is 7. The molecule has 0 saturated carbocycles. The first-order valence-electron chi connectivity index (χ1n) is 7.54. The normalized spacial score (nSPS) is 12.7. The molecule has 0 amide bonds. The zero-order valence-electron chi connectivity index (χ0n) is 15.8. The number of aliphatic carboxylic acids is 2. The van der Waals surface area contributed by atoms with E-state index >= 15 is 0 Å². The molecule has 7 nitrogen and oxygen atoms in total. The van der Waals surface area contributed by atoms with Gasteiger partial charge < -0.3 is 24.4 Å². The van der Waals surface area contributed by atoms with E-state index in [9.17, 15) is 32.8 Å². The Labute approximate surface area is 216 Å². The molecule has 0 heterocycles. The van der Waals surface area contributed by atoms with Crippen molar-refractivity contribution in [3.63, 3.8) is 0 Å². The van der Waals surface area contributed by atoms with Crippen LogP contribution in [0.25, 0.3) is 0 Å². The van der Waals surface area contributed by atoms with Gasteiger partial charge in [-0.3, -0.25) is 0 Å². The van der Waals surface area contributed by atoms with Crippen molar-refractivity contribution in [3.05, 3.63) is 0 Å². The third-order valence-corrected chi connectivity index (χ3v) is 5.19. The largest absolute Gasteiger partial charge is 1.00 e. The van der Waals surface area contributed by atoms with E-state index in [-0.39, 0.29) is 95.1 Å². The Kier molecular flexibility index (Phi) is 24.6. The summed E-state index contributed by atoms with van der Waals surface area (Å²) >= 11 is 0. The molecule has 0 spiro atoms. The van der Waals surface area contributed by atoms with Crippen LogP contribution in [0.3, 0.4) is 0 Å². The Morgan fingerprint density at radius 1 is 0.840 bits per heavy atom. The smallest absolute Gasteiger partial charge is 0.747 e. The summed E-state index contributed by atoms with van der Waals surface area (Å²) in [4.78, 5) is 21.7. The van der Waals surface area contributed by atoms with Gasteiger partial charge in [-0.25, -0.2) is 8.42 Å². The van der Waals surface area contributed by atoms with E-state index < -0.39 is 39.6 Å². The monoisotopic (exact) mass is 404 g/mol. The summed E-state index contributed by atoms with van der Waals surface area (Å²) in [5.74, 6) is -4.07. The fourth-order valence-electron chi connectivity index (χ4n) is 2.36. The minimum Gasteiger partial charge on any atom is -0.747 e. The van der Waals surface area contributed by atoms with Crippen LogP contribution < -0.4 is 98.9 Å². The van der Waals surface area contributed by atoms with Gasteiger partial charge in [0.05, 0.1) is 5.97 Å². The topological polar surface area (TPSA) is 137 Å². The molecule has 0 fully saturated rings. The number of rotatable bonds is 13. The first kappa shape index (κ1) is 34.4. The Morgan fingerprint density at radius 3 is 1.56 bits per heavy atom. The minimum absolute atomic E-state index is 0. The van der Waals surface area contributed by atoms with Crippen molar-refractivity contribution in [1.29, 1.82) is 0 Å². The molecule has 11 heteroatoms. The molecule has 0 N–H and O–H groups in total. The summed E-state index contributed by atoms with van der Waals surface area (Å²) in [6.45, 7) is 2.10. The predicted octanol–water partition coefficient (Wildman–Crippen LogP) is -9.30. The van der Waals surface area contributed by atoms with E-state index in [4.69, 9.17) is 0 Å². The van der Waals surface area contributed by atoms with Crippen LogP contribution in [0, 0.1) is 0 Å². The second kappa shape index (κ2) is 17.9. The zero-order valence-corrected chi connectivity index (χ0v) is 22.7. The SMILES string of the molecule is CCCCCCCCCCC(CC(=O)[O-])(C(=O)[O-])S(=O)(=O)[O-].[Na+].[Na+].[Na+]. The van der Waals surface area contributed by atoms with Crippen molar-refractivity contribution in [2.24, 2.45) is 0 Å². The van der Waals surface area contributed by atoms with Gasteiger partial charge >= 0.3 is 88.7 Å². The van der Waals surface area contributed by atoms with Gasteiger partial charge in [0, 0.05) is 12.4 Å². The Hall–Kier alpha value is 1.85. The first-order chi connectivity index (χ1) is 10.2. The number of carbonyl (C=O) groups is 2. The fraction of sp³-hybridized carbons (Fsp3) is 0.857. The number of carbonyl (C=O) groups excluding carboxylic acids is 2. The van der Waals surface area contributed by atoms with E-state index in [1.165, 1.54) is 0 Å². The summed E-state index contributed by atoms with van der Waals surface area (Å²) < 4.78 is 30.7. The maximum Gasteiger partial charge on any atom is 1.00 e. The standard InChI is InChI=1S/C14H26O7S.3Na/c1-2-3-4-5-6-7-8-9-10-14(13(17)18,11-12(15)16)22(19,20)21;;;/h2-11H2,1H3,(H,15,16)(H,17,18)(H,19,20,21);;;/q;3*+1/p-3. The van der Waals surface area contributed by atoms with Crippen LogP contribution in [0.2, 0.25) is 0 Å².